The molecular formula is C10H6N2O5. The molecule has 2 aromatic rings. The van der Waals surface area contributed by atoms with E-state index in [4.69, 9.17) is 0 Å². The Morgan fingerprint density at radius 3 is 2.88 bits per heavy atom. The molecule has 1 heterocycles. The fourth-order valence-electron chi connectivity index (χ4n) is 1.40. The number of nitro benzene ring substituents is 1. The number of nitro groups is 1. The van der Waals surface area contributed by atoms with Gasteiger partial charge >= 0.3 is 0 Å². The van der Waals surface area contributed by atoms with E-state index in [2.05, 4.69) is 9.68 Å². The van der Waals surface area contributed by atoms with E-state index in [0.717, 1.165) is 12.3 Å². The summed E-state index contributed by atoms with van der Waals surface area (Å²) in [5, 5.41) is 23.5. The van der Waals surface area contributed by atoms with Crippen LogP contribution in [-0.4, -0.2) is 21.5 Å². The van der Waals surface area contributed by atoms with Crippen molar-refractivity contribution in [3.63, 3.8) is 0 Å². The second kappa shape index (κ2) is 4.05. The van der Waals surface area contributed by atoms with Gasteiger partial charge in [0, 0.05) is 0 Å². The van der Waals surface area contributed by atoms with Crippen molar-refractivity contribution in [2.24, 2.45) is 0 Å². The zero-order valence-corrected chi connectivity index (χ0v) is 8.36. The summed E-state index contributed by atoms with van der Waals surface area (Å²) >= 11 is 0. The third-order valence-electron chi connectivity index (χ3n) is 2.16. The number of rotatable bonds is 3. The molecule has 0 radical (unpaired) electrons. The molecule has 1 aromatic carbocycles. The molecule has 0 unspecified atom stereocenters. The summed E-state index contributed by atoms with van der Waals surface area (Å²) in [6, 6.07) is 3.56. The van der Waals surface area contributed by atoms with E-state index in [-0.39, 0.29) is 28.3 Å². The van der Waals surface area contributed by atoms with Crippen LogP contribution in [0.2, 0.25) is 0 Å². The highest BCUT2D eigenvalue weighted by atomic mass is 16.6. The standard InChI is InChI=1S/C10H6N2O5/c13-4-6-5-17-11-10(6)8-2-1-7(14)3-9(8)12(15)16/h1-5,14H. The molecule has 0 amide bonds. The maximum absolute atomic E-state index is 10.8. The Labute approximate surface area is 94.4 Å². The lowest BCUT2D eigenvalue weighted by atomic mass is 10.1. The first-order chi connectivity index (χ1) is 8.13. The smallest absolute Gasteiger partial charge is 0.282 e. The molecule has 1 aromatic heterocycles. The van der Waals surface area contributed by atoms with Gasteiger partial charge in [0.25, 0.3) is 5.69 Å². The average molecular weight is 234 g/mol. The fourth-order valence-corrected chi connectivity index (χ4v) is 1.40. The number of benzene rings is 1. The summed E-state index contributed by atoms with van der Waals surface area (Å²) in [5.41, 5.74) is -0.0452. The number of aromatic nitrogens is 1. The lowest BCUT2D eigenvalue weighted by Crippen LogP contribution is -1.93. The minimum Gasteiger partial charge on any atom is -0.508 e. The molecule has 0 fully saturated rings. The lowest BCUT2D eigenvalue weighted by molar-refractivity contribution is -0.384. The van der Waals surface area contributed by atoms with E-state index < -0.39 is 4.92 Å². The summed E-state index contributed by atoms with van der Waals surface area (Å²) in [7, 11) is 0. The lowest BCUT2D eigenvalue weighted by Gasteiger charge is -2.00. The van der Waals surface area contributed by atoms with Crippen LogP contribution in [0.5, 0.6) is 5.75 Å². The van der Waals surface area contributed by atoms with Crippen molar-refractivity contribution in [3.05, 3.63) is 40.1 Å². The van der Waals surface area contributed by atoms with E-state index in [1.54, 1.807) is 0 Å². The molecule has 0 aliphatic carbocycles. The predicted octanol–water partition coefficient (Wildman–Crippen LogP) is 1.77. The monoisotopic (exact) mass is 234 g/mol. The molecule has 0 atom stereocenters. The molecule has 7 heteroatoms. The Balaban J connectivity index is 2.67. The Morgan fingerprint density at radius 2 is 2.24 bits per heavy atom. The SMILES string of the molecule is O=Cc1conc1-c1ccc(O)cc1[N+](=O)[O-]. The Bertz CT molecular complexity index is 590. The number of hydrogen-bond donors (Lipinski definition) is 1. The van der Waals surface area contributed by atoms with Crippen LogP contribution in [0.4, 0.5) is 5.69 Å². The Morgan fingerprint density at radius 1 is 1.47 bits per heavy atom. The molecular weight excluding hydrogens is 228 g/mol. The van der Waals surface area contributed by atoms with Crippen LogP contribution in [0.15, 0.2) is 29.0 Å². The molecule has 2 rings (SSSR count). The summed E-state index contributed by atoms with van der Waals surface area (Å²) in [5.74, 6) is -0.239. The van der Waals surface area contributed by atoms with Crippen molar-refractivity contribution in [3.8, 4) is 17.0 Å². The van der Waals surface area contributed by atoms with E-state index in [9.17, 15) is 20.0 Å². The third kappa shape index (κ3) is 1.85. The van der Waals surface area contributed by atoms with Crippen molar-refractivity contribution in [1.82, 2.24) is 5.16 Å². The number of phenols is 1. The zero-order chi connectivity index (χ0) is 12.4. The quantitative estimate of drug-likeness (QED) is 0.492. The highest BCUT2D eigenvalue weighted by Gasteiger charge is 2.21. The van der Waals surface area contributed by atoms with Gasteiger partial charge in [-0.1, -0.05) is 5.16 Å². The van der Waals surface area contributed by atoms with Gasteiger partial charge in [-0.05, 0) is 12.1 Å². The van der Waals surface area contributed by atoms with Crippen LogP contribution < -0.4 is 0 Å². The number of aromatic hydroxyl groups is 1. The van der Waals surface area contributed by atoms with Gasteiger partial charge in [-0.25, -0.2) is 0 Å². The summed E-state index contributed by atoms with van der Waals surface area (Å²) < 4.78 is 4.59. The zero-order valence-electron chi connectivity index (χ0n) is 8.36. The minimum atomic E-state index is -0.668. The van der Waals surface area contributed by atoms with Crippen molar-refractivity contribution < 1.29 is 19.3 Å². The van der Waals surface area contributed by atoms with E-state index >= 15 is 0 Å². The van der Waals surface area contributed by atoms with Gasteiger partial charge in [0.1, 0.15) is 17.7 Å². The highest BCUT2D eigenvalue weighted by Crippen LogP contribution is 2.33. The van der Waals surface area contributed by atoms with Gasteiger partial charge in [0.05, 0.1) is 22.1 Å². The van der Waals surface area contributed by atoms with Crippen LogP contribution in [0.1, 0.15) is 10.4 Å². The normalized spacial score (nSPS) is 10.1. The largest absolute Gasteiger partial charge is 0.508 e. The fraction of sp³-hybridized carbons (Fsp3) is 0. The first-order valence-electron chi connectivity index (χ1n) is 4.51. The average Bonchev–Trinajstić information content (AvgIpc) is 2.76. The van der Waals surface area contributed by atoms with Crippen LogP contribution in [-0.2, 0) is 0 Å². The third-order valence-corrected chi connectivity index (χ3v) is 2.16. The molecule has 0 saturated heterocycles. The minimum absolute atomic E-state index is 0.0756. The molecule has 1 N–H and O–H groups in total. The molecule has 0 spiro atoms. The number of carbonyl (C=O) groups is 1. The Kier molecular flexibility index (Phi) is 2.57. The van der Waals surface area contributed by atoms with Crippen LogP contribution in [0, 0.1) is 10.1 Å². The Hall–Kier alpha value is -2.70. The second-order valence-corrected chi connectivity index (χ2v) is 3.19. The van der Waals surface area contributed by atoms with Crippen LogP contribution in [0.3, 0.4) is 0 Å². The van der Waals surface area contributed by atoms with Gasteiger partial charge in [-0.2, -0.15) is 0 Å². The highest BCUT2D eigenvalue weighted by molar-refractivity contribution is 5.87. The number of carbonyl (C=O) groups excluding carboxylic acids is 1. The first-order valence-corrected chi connectivity index (χ1v) is 4.51. The van der Waals surface area contributed by atoms with Gasteiger partial charge in [-0.15, -0.1) is 0 Å². The molecule has 0 bridgehead atoms. The topological polar surface area (TPSA) is 106 Å². The maximum Gasteiger partial charge on any atom is 0.282 e. The van der Waals surface area contributed by atoms with Crippen molar-refractivity contribution in [1.29, 1.82) is 0 Å². The molecule has 0 aliphatic heterocycles. The van der Waals surface area contributed by atoms with Crippen molar-refractivity contribution >= 4 is 12.0 Å². The second-order valence-electron chi connectivity index (χ2n) is 3.19. The molecule has 7 nitrogen and oxygen atoms in total. The number of aldehydes is 1. The number of nitrogens with zero attached hydrogens (tertiary/aromatic N) is 2. The van der Waals surface area contributed by atoms with Gasteiger partial charge < -0.3 is 9.63 Å². The van der Waals surface area contributed by atoms with Crippen LogP contribution in [0.25, 0.3) is 11.3 Å². The molecule has 17 heavy (non-hydrogen) atoms. The van der Waals surface area contributed by atoms with Crippen LogP contribution >= 0.6 is 0 Å². The summed E-state index contributed by atoms with van der Waals surface area (Å²) in [4.78, 5) is 20.8. The molecule has 0 saturated carbocycles. The molecule has 0 aliphatic rings. The first kappa shape index (κ1) is 10.8. The maximum atomic E-state index is 10.8. The van der Waals surface area contributed by atoms with E-state index in [1.807, 2.05) is 0 Å². The number of phenolic OH excluding ortho intramolecular Hbond substituents is 1. The van der Waals surface area contributed by atoms with Gasteiger partial charge in [0.2, 0.25) is 0 Å². The summed E-state index contributed by atoms with van der Waals surface area (Å²) in [6.07, 6.45) is 1.58. The van der Waals surface area contributed by atoms with Crippen molar-refractivity contribution in [2.45, 2.75) is 0 Å². The molecule has 86 valence electrons. The van der Waals surface area contributed by atoms with E-state index in [0.29, 0.717) is 6.29 Å². The van der Waals surface area contributed by atoms with Gasteiger partial charge in [0.15, 0.2) is 6.29 Å². The summed E-state index contributed by atoms with van der Waals surface area (Å²) in [6.45, 7) is 0. The predicted molar refractivity (Wildman–Crippen MR) is 55.6 cm³/mol. The van der Waals surface area contributed by atoms with Crippen molar-refractivity contribution in [2.75, 3.05) is 0 Å². The van der Waals surface area contributed by atoms with Gasteiger partial charge in [-0.3, -0.25) is 14.9 Å². The van der Waals surface area contributed by atoms with E-state index in [1.165, 1.54) is 12.1 Å². The number of hydrogen-bond acceptors (Lipinski definition) is 6.